The molecule has 6 heteroatoms. The summed E-state index contributed by atoms with van der Waals surface area (Å²) in [5.41, 5.74) is 0.906. The number of ether oxygens (including phenoxy) is 1. The van der Waals surface area contributed by atoms with Gasteiger partial charge >= 0.3 is 0 Å². The van der Waals surface area contributed by atoms with E-state index >= 15 is 0 Å². The van der Waals surface area contributed by atoms with Crippen LogP contribution in [0.4, 0.5) is 5.82 Å². The zero-order chi connectivity index (χ0) is 15.0. The van der Waals surface area contributed by atoms with Crippen molar-refractivity contribution in [1.82, 2.24) is 19.8 Å². The van der Waals surface area contributed by atoms with Gasteiger partial charge < -0.3 is 10.1 Å². The Morgan fingerprint density at radius 3 is 2.95 bits per heavy atom. The maximum Gasteiger partial charge on any atom is 0.178 e. The van der Waals surface area contributed by atoms with E-state index in [0.717, 1.165) is 36.7 Å². The molecule has 118 valence electrons. The first kappa shape index (κ1) is 13.9. The molecular formula is C16H23N5O. The first-order valence-corrected chi connectivity index (χ1v) is 8.34. The second-order valence-corrected chi connectivity index (χ2v) is 6.66. The molecule has 2 aliphatic rings. The van der Waals surface area contributed by atoms with Gasteiger partial charge in [-0.1, -0.05) is 19.3 Å². The number of nitrogens with one attached hydrogen (secondary N) is 1. The van der Waals surface area contributed by atoms with Gasteiger partial charge in [0.15, 0.2) is 11.5 Å². The Morgan fingerprint density at radius 1 is 1.23 bits per heavy atom. The van der Waals surface area contributed by atoms with Gasteiger partial charge in [-0.25, -0.2) is 0 Å². The van der Waals surface area contributed by atoms with E-state index in [1.54, 1.807) is 4.52 Å². The SMILES string of the molecule is Cc1nnc2ccc(NC3CCOC4(CCCCC4)C3)nn12. The molecule has 1 aliphatic heterocycles. The summed E-state index contributed by atoms with van der Waals surface area (Å²) in [5.74, 6) is 1.71. The van der Waals surface area contributed by atoms with E-state index in [0.29, 0.717) is 6.04 Å². The zero-order valence-electron chi connectivity index (χ0n) is 13.1. The van der Waals surface area contributed by atoms with Gasteiger partial charge in [0.1, 0.15) is 5.82 Å². The summed E-state index contributed by atoms with van der Waals surface area (Å²) in [7, 11) is 0. The zero-order valence-corrected chi connectivity index (χ0v) is 13.1. The summed E-state index contributed by atoms with van der Waals surface area (Å²) in [4.78, 5) is 0. The molecule has 1 aliphatic carbocycles. The Labute approximate surface area is 130 Å². The molecule has 0 aromatic carbocycles. The standard InChI is InChI=1S/C16H23N5O/c1-12-18-19-15-6-5-14(20-21(12)15)17-13-7-10-22-16(11-13)8-3-2-4-9-16/h5-6,13H,2-4,7-11H2,1H3,(H,17,20). The van der Waals surface area contributed by atoms with Crippen LogP contribution >= 0.6 is 0 Å². The van der Waals surface area contributed by atoms with Crippen LogP contribution < -0.4 is 5.32 Å². The normalized spacial score (nSPS) is 24.7. The van der Waals surface area contributed by atoms with Crippen LogP contribution in [0.2, 0.25) is 0 Å². The summed E-state index contributed by atoms with van der Waals surface area (Å²) in [5, 5.41) is 16.3. The van der Waals surface area contributed by atoms with E-state index in [9.17, 15) is 0 Å². The first-order valence-electron chi connectivity index (χ1n) is 8.34. The summed E-state index contributed by atoms with van der Waals surface area (Å²) in [6.07, 6.45) is 8.52. The van der Waals surface area contributed by atoms with Crippen molar-refractivity contribution < 1.29 is 4.74 Å². The fourth-order valence-electron chi connectivity index (χ4n) is 3.88. The predicted molar refractivity (Wildman–Crippen MR) is 83.9 cm³/mol. The lowest BCUT2D eigenvalue weighted by Crippen LogP contribution is -2.45. The van der Waals surface area contributed by atoms with Crippen LogP contribution in [0, 0.1) is 6.92 Å². The van der Waals surface area contributed by atoms with Crippen molar-refractivity contribution in [1.29, 1.82) is 0 Å². The highest BCUT2D eigenvalue weighted by molar-refractivity contribution is 5.44. The molecule has 0 radical (unpaired) electrons. The van der Waals surface area contributed by atoms with Gasteiger partial charge in [0.2, 0.25) is 0 Å². The number of hydrogen-bond donors (Lipinski definition) is 1. The summed E-state index contributed by atoms with van der Waals surface area (Å²) in [6.45, 7) is 2.77. The monoisotopic (exact) mass is 301 g/mol. The average Bonchev–Trinajstić information content (AvgIpc) is 2.89. The van der Waals surface area contributed by atoms with Gasteiger partial charge in [-0.05, 0) is 44.7 Å². The molecule has 1 spiro atoms. The Kier molecular flexibility index (Phi) is 3.48. The Hall–Kier alpha value is -1.69. The fraction of sp³-hybridized carbons (Fsp3) is 0.688. The molecule has 0 bridgehead atoms. The van der Waals surface area contributed by atoms with Crippen LogP contribution in [0.1, 0.15) is 50.8 Å². The molecule has 1 saturated carbocycles. The van der Waals surface area contributed by atoms with Crippen LogP contribution in [0.15, 0.2) is 12.1 Å². The maximum atomic E-state index is 6.17. The van der Waals surface area contributed by atoms with Crippen molar-refractivity contribution in [2.24, 2.45) is 0 Å². The van der Waals surface area contributed by atoms with Gasteiger partial charge in [0.05, 0.1) is 5.60 Å². The van der Waals surface area contributed by atoms with Crippen molar-refractivity contribution in [3.63, 3.8) is 0 Å². The lowest BCUT2D eigenvalue weighted by Gasteiger charge is -2.43. The maximum absolute atomic E-state index is 6.17. The lowest BCUT2D eigenvalue weighted by atomic mass is 9.78. The third-order valence-corrected chi connectivity index (χ3v) is 5.03. The quantitative estimate of drug-likeness (QED) is 0.924. The van der Waals surface area contributed by atoms with Crippen molar-refractivity contribution in [3.8, 4) is 0 Å². The number of fused-ring (bicyclic) bond motifs is 1. The third-order valence-electron chi connectivity index (χ3n) is 5.03. The van der Waals surface area contributed by atoms with E-state index in [1.165, 1.54) is 32.1 Å². The highest BCUT2D eigenvalue weighted by Gasteiger charge is 2.38. The summed E-state index contributed by atoms with van der Waals surface area (Å²) in [6, 6.07) is 4.39. The minimum Gasteiger partial charge on any atom is -0.375 e. The second-order valence-electron chi connectivity index (χ2n) is 6.66. The molecule has 1 saturated heterocycles. The number of hydrogen-bond acceptors (Lipinski definition) is 5. The van der Waals surface area contributed by atoms with Crippen LogP contribution in [-0.2, 0) is 4.74 Å². The molecule has 1 unspecified atom stereocenters. The lowest BCUT2D eigenvalue weighted by molar-refractivity contribution is -0.103. The number of rotatable bonds is 2. The van der Waals surface area contributed by atoms with Gasteiger partial charge in [0, 0.05) is 12.6 Å². The second kappa shape index (κ2) is 5.50. The van der Waals surface area contributed by atoms with E-state index < -0.39 is 0 Å². The van der Waals surface area contributed by atoms with E-state index in [1.807, 2.05) is 19.1 Å². The van der Waals surface area contributed by atoms with E-state index in [2.05, 4.69) is 20.6 Å². The molecule has 6 nitrogen and oxygen atoms in total. The molecule has 4 rings (SSSR count). The molecule has 1 N–H and O–H groups in total. The van der Waals surface area contributed by atoms with Gasteiger partial charge in [-0.2, -0.15) is 4.52 Å². The highest BCUT2D eigenvalue weighted by Crippen LogP contribution is 2.39. The highest BCUT2D eigenvalue weighted by atomic mass is 16.5. The van der Waals surface area contributed by atoms with Gasteiger partial charge in [-0.15, -0.1) is 15.3 Å². The first-order chi connectivity index (χ1) is 10.7. The molecule has 1 atom stereocenters. The Bertz CT molecular complexity index is 656. The number of aryl methyl sites for hydroxylation is 1. The van der Waals surface area contributed by atoms with Crippen LogP contribution in [0.3, 0.4) is 0 Å². The largest absolute Gasteiger partial charge is 0.375 e. The molecule has 3 heterocycles. The van der Waals surface area contributed by atoms with Crippen LogP contribution in [0.25, 0.3) is 5.65 Å². The van der Waals surface area contributed by atoms with Gasteiger partial charge in [-0.3, -0.25) is 0 Å². The molecule has 2 fully saturated rings. The van der Waals surface area contributed by atoms with Crippen molar-refractivity contribution in [2.45, 2.75) is 63.5 Å². The van der Waals surface area contributed by atoms with Crippen LogP contribution in [-0.4, -0.2) is 38.1 Å². The average molecular weight is 301 g/mol. The number of aromatic nitrogens is 4. The third kappa shape index (κ3) is 2.56. The van der Waals surface area contributed by atoms with Crippen molar-refractivity contribution >= 4 is 11.5 Å². The predicted octanol–water partition coefficient (Wildman–Crippen LogP) is 2.73. The minimum atomic E-state index is 0.116. The number of nitrogens with zero attached hydrogens (tertiary/aromatic N) is 4. The van der Waals surface area contributed by atoms with Crippen molar-refractivity contribution in [3.05, 3.63) is 18.0 Å². The smallest absolute Gasteiger partial charge is 0.178 e. The summed E-state index contributed by atoms with van der Waals surface area (Å²) >= 11 is 0. The van der Waals surface area contributed by atoms with E-state index in [-0.39, 0.29) is 5.60 Å². The molecule has 0 amide bonds. The van der Waals surface area contributed by atoms with Crippen LogP contribution in [0.5, 0.6) is 0 Å². The topological polar surface area (TPSA) is 64.3 Å². The Balaban J connectivity index is 1.50. The van der Waals surface area contributed by atoms with Gasteiger partial charge in [0.25, 0.3) is 0 Å². The molecular weight excluding hydrogens is 278 g/mol. The minimum absolute atomic E-state index is 0.116. The van der Waals surface area contributed by atoms with Crippen molar-refractivity contribution in [2.75, 3.05) is 11.9 Å². The number of anilines is 1. The summed E-state index contributed by atoms with van der Waals surface area (Å²) < 4.78 is 7.96. The molecule has 2 aromatic heterocycles. The molecule has 22 heavy (non-hydrogen) atoms. The van der Waals surface area contributed by atoms with E-state index in [4.69, 9.17) is 4.74 Å². The Morgan fingerprint density at radius 2 is 2.09 bits per heavy atom. The fourth-order valence-corrected chi connectivity index (χ4v) is 3.88. The molecule has 2 aromatic rings.